The Balaban J connectivity index is 1.59. The van der Waals surface area contributed by atoms with Crippen molar-refractivity contribution in [3.63, 3.8) is 0 Å². The van der Waals surface area contributed by atoms with Crippen molar-refractivity contribution in [2.45, 2.75) is 29.2 Å². The first kappa shape index (κ1) is 18.8. The van der Waals surface area contributed by atoms with Crippen molar-refractivity contribution >= 4 is 33.8 Å². The molecule has 2 aromatic rings. The highest BCUT2D eigenvalue weighted by Gasteiger charge is 2.31. The molecule has 0 saturated carbocycles. The lowest BCUT2D eigenvalue weighted by Crippen LogP contribution is -2.50. The zero-order chi connectivity index (χ0) is 18.8. The Labute approximate surface area is 173 Å². The van der Waals surface area contributed by atoms with Gasteiger partial charge in [0, 0.05) is 46.5 Å². The highest BCUT2D eigenvalue weighted by atomic mass is 79.9. The molecule has 0 spiro atoms. The Morgan fingerprint density at radius 1 is 1.15 bits per heavy atom. The maximum atomic E-state index is 12.0. The second-order valence-corrected chi connectivity index (χ2v) is 8.83. The Bertz CT molecular complexity index is 837. The Morgan fingerprint density at radius 2 is 1.93 bits per heavy atom. The quantitative estimate of drug-likeness (QED) is 0.651. The maximum Gasteiger partial charge on any atom is 0.409 e. The number of halogens is 1. The smallest absolute Gasteiger partial charge is 0.409 e. The molecule has 6 heteroatoms. The van der Waals surface area contributed by atoms with Gasteiger partial charge in [0.25, 0.3) is 0 Å². The molecule has 1 fully saturated rings. The van der Waals surface area contributed by atoms with Gasteiger partial charge in [-0.15, -0.1) is 0 Å². The predicted octanol–water partition coefficient (Wildman–Crippen LogP) is 4.97. The van der Waals surface area contributed by atoms with Gasteiger partial charge < -0.3 is 9.64 Å². The number of ether oxygens (including phenoxy) is 1. The summed E-state index contributed by atoms with van der Waals surface area (Å²) >= 11 is 5.48. The van der Waals surface area contributed by atoms with Gasteiger partial charge in [0.15, 0.2) is 0 Å². The monoisotopic (exact) mass is 446 g/mol. The molecule has 1 saturated heterocycles. The number of amides is 1. The van der Waals surface area contributed by atoms with E-state index in [1.165, 1.54) is 20.9 Å². The molecule has 4 nitrogen and oxygen atoms in total. The third kappa shape index (κ3) is 4.03. The Hall–Kier alpha value is -1.50. The third-order valence-electron chi connectivity index (χ3n) is 5.21. The predicted molar refractivity (Wildman–Crippen MR) is 111 cm³/mol. The van der Waals surface area contributed by atoms with Crippen LogP contribution < -0.4 is 0 Å². The summed E-state index contributed by atoms with van der Waals surface area (Å²) in [5.74, 6) is 0. The lowest BCUT2D eigenvalue weighted by molar-refractivity contribution is 0.0652. The lowest BCUT2D eigenvalue weighted by Gasteiger charge is -2.39. The molecule has 0 aliphatic carbocycles. The number of carbonyl (C=O) groups excluding carboxylic acids is 1. The minimum atomic E-state index is -0.191. The van der Waals surface area contributed by atoms with Gasteiger partial charge in [-0.3, -0.25) is 4.90 Å². The SMILES string of the molecule is CCOC(=O)N1CCN(C2Cc3cc(Br)ccc3Sc3ccccc32)CC1. The summed E-state index contributed by atoms with van der Waals surface area (Å²) < 4.78 is 6.28. The number of benzene rings is 2. The van der Waals surface area contributed by atoms with Gasteiger partial charge in [0.2, 0.25) is 0 Å². The van der Waals surface area contributed by atoms with Crippen LogP contribution in [0.5, 0.6) is 0 Å². The van der Waals surface area contributed by atoms with E-state index < -0.39 is 0 Å². The fraction of sp³-hybridized carbons (Fsp3) is 0.381. The first-order chi connectivity index (χ1) is 13.2. The lowest BCUT2D eigenvalue weighted by atomic mass is 9.96. The molecule has 1 atom stereocenters. The summed E-state index contributed by atoms with van der Waals surface area (Å²) in [4.78, 5) is 19.0. The number of fused-ring (bicyclic) bond motifs is 2. The topological polar surface area (TPSA) is 32.8 Å². The molecule has 2 heterocycles. The van der Waals surface area contributed by atoms with Gasteiger partial charge in [-0.2, -0.15) is 0 Å². The molecule has 0 N–H and O–H groups in total. The molecule has 2 aromatic carbocycles. The van der Waals surface area contributed by atoms with Crippen LogP contribution >= 0.6 is 27.7 Å². The van der Waals surface area contributed by atoms with Gasteiger partial charge in [0.1, 0.15) is 0 Å². The van der Waals surface area contributed by atoms with Crippen LogP contribution in [0.4, 0.5) is 4.79 Å². The fourth-order valence-electron chi connectivity index (χ4n) is 3.85. The van der Waals surface area contributed by atoms with E-state index in [1.807, 2.05) is 23.6 Å². The number of nitrogens with zero attached hydrogens (tertiary/aromatic N) is 2. The van der Waals surface area contributed by atoms with Crippen molar-refractivity contribution in [3.05, 3.63) is 58.1 Å². The van der Waals surface area contributed by atoms with E-state index in [2.05, 4.69) is 63.3 Å². The molecular weight excluding hydrogens is 424 g/mol. The van der Waals surface area contributed by atoms with E-state index >= 15 is 0 Å². The molecule has 2 aliphatic heterocycles. The van der Waals surface area contributed by atoms with Crippen molar-refractivity contribution in [2.24, 2.45) is 0 Å². The minimum Gasteiger partial charge on any atom is -0.450 e. The van der Waals surface area contributed by atoms with Crippen LogP contribution in [-0.2, 0) is 11.2 Å². The van der Waals surface area contributed by atoms with Crippen LogP contribution in [0.1, 0.15) is 24.1 Å². The van der Waals surface area contributed by atoms with Crippen LogP contribution in [0.15, 0.2) is 56.7 Å². The van der Waals surface area contributed by atoms with Crippen LogP contribution in [-0.4, -0.2) is 48.7 Å². The van der Waals surface area contributed by atoms with Gasteiger partial charge in [-0.1, -0.05) is 45.9 Å². The van der Waals surface area contributed by atoms with E-state index in [9.17, 15) is 4.79 Å². The van der Waals surface area contributed by atoms with Gasteiger partial charge in [-0.25, -0.2) is 4.79 Å². The molecule has 2 aliphatic rings. The first-order valence-electron chi connectivity index (χ1n) is 9.36. The number of rotatable bonds is 2. The van der Waals surface area contributed by atoms with Crippen LogP contribution in [0.3, 0.4) is 0 Å². The highest BCUT2D eigenvalue weighted by molar-refractivity contribution is 9.10. The molecule has 1 unspecified atom stereocenters. The average Bonchev–Trinajstić information content (AvgIpc) is 2.85. The molecule has 0 radical (unpaired) electrons. The summed E-state index contributed by atoms with van der Waals surface area (Å²) in [6.07, 6.45) is 0.793. The number of hydrogen-bond donors (Lipinski definition) is 0. The summed E-state index contributed by atoms with van der Waals surface area (Å²) in [6, 6.07) is 15.6. The van der Waals surface area contributed by atoms with Crippen LogP contribution in [0, 0.1) is 0 Å². The van der Waals surface area contributed by atoms with Crippen molar-refractivity contribution < 1.29 is 9.53 Å². The van der Waals surface area contributed by atoms with E-state index in [1.54, 1.807) is 0 Å². The van der Waals surface area contributed by atoms with E-state index in [0.29, 0.717) is 12.6 Å². The van der Waals surface area contributed by atoms with Crippen molar-refractivity contribution in [3.8, 4) is 0 Å². The third-order valence-corrected chi connectivity index (χ3v) is 6.92. The van der Waals surface area contributed by atoms with Crippen molar-refractivity contribution in [2.75, 3.05) is 32.8 Å². The molecular formula is C21H23BrN2O2S. The Kier molecular flexibility index (Phi) is 5.76. The number of piperazine rings is 1. The maximum absolute atomic E-state index is 12.0. The van der Waals surface area contributed by atoms with Gasteiger partial charge in [0.05, 0.1) is 6.61 Å². The highest BCUT2D eigenvalue weighted by Crippen LogP contribution is 2.43. The second-order valence-electron chi connectivity index (χ2n) is 6.83. The Morgan fingerprint density at radius 3 is 2.70 bits per heavy atom. The van der Waals surface area contributed by atoms with E-state index in [-0.39, 0.29) is 6.09 Å². The first-order valence-corrected chi connectivity index (χ1v) is 11.0. The molecule has 27 heavy (non-hydrogen) atoms. The second kappa shape index (κ2) is 8.25. The summed E-state index contributed by atoms with van der Waals surface area (Å²) in [6.45, 7) is 5.45. The zero-order valence-electron chi connectivity index (χ0n) is 15.4. The minimum absolute atomic E-state index is 0.191. The normalized spacial score (nSPS) is 19.8. The number of carbonyl (C=O) groups is 1. The molecule has 4 rings (SSSR count). The van der Waals surface area contributed by atoms with Crippen LogP contribution in [0.25, 0.3) is 0 Å². The summed E-state index contributed by atoms with van der Waals surface area (Å²) in [5, 5.41) is 0. The van der Waals surface area contributed by atoms with Crippen LogP contribution in [0.2, 0.25) is 0 Å². The molecule has 0 aromatic heterocycles. The molecule has 0 bridgehead atoms. The molecule has 1 amide bonds. The van der Waals surface area contributed by atoms with E-state index in [0.717, 1.165) is 37.1 Å². The van der Waals surface area contributed by atoms with Crippen molar-refractivity contribution in [1.29, 1.82) is 0 Å². The zero-order valence-corrected chi connectivity index (χ0v) is 17.8. The summed E-state index contributed by atoms with van der Waals surface area (Å²) in [7, 11) is 0. The largest absolute Gasteiger partial charge is 0.450 e. The van der Waals surface area contributed by atoms with Gasteiger partial charge in [-0.05, 0) is 48.7 Å². The average molecular weight is 447 g/mol. The van der Waals surface area contributed by atoms with E-state index in [4.69, 9.17) is 4.74 Å². The molecule has 142 valence electrons. The standard InChI is InChI=1S/C21H23BrN2O2S/c1-2-26-21(25)24-11-9-23(10-12-24)18-14-15-13-16(22)7-8-19(15)27-20-6-4-3-5-17(18)20/h3-8,13,18H,2,9-12,14H2,1H3. The fourth-order valence-corrected chi connectivity index (χ4v) is 5.37. The van der Waals surface area contributed by atoms with Crippen molar-refractivity contribution in [1.82, 2.24) is 9.80 Å². The summed E-state index contributed by atoms with van der Waals surface area (Å²) in [5.41, 5.74) is 2.77. The van der Waals surface area contributed by atoms with Gasteiger partial charge >= 0.3 is 6.09 Å². The number of hydrogen-bond acceptors (Lipinski definition) is 4.